The van der Waals surface area contributed by atoms with E-state index < -0.39 is 10.0 Å². The van der Waals surface area contributed by atoms with Gasteiger partial charge in [-0.3, -0.25) is 4.68 Å². The molecule has 2 heterocycles. The molecule has 19 heavy (non-hydrogen) atoms. The lowest BCUT2D eigenvalue weighted by Crippen LogP contribution is -2.26. The molecule has 1 aromatic rings. The summed E-state index contributed by atoms with van der Waals surface area (Å²) in [5.41, 5.74) is 5.39. The second kappa shape index (κ2) is 6.47. The SMILES string of the molecule is NCCn1cc(S(=O)(=O)NCCC2CCOC2)cn1. The van der Waals surface area contributed by atoms with Crippen LogP contribution in [0.5, 0.6) is 0 Å². The van der Waals surface area contributed by atoms with Gasteiger partial charge in [-0.05, 0) is 18.8 Å². The highest BCUT2D eigenvalue weighted by Gasteiger charge is 2.19. The van der Waals surface area contributed by atoms with Crippen molar-refractivity contribution in [2.45, 2.75) is 24.3 Å². The van der Waals surface area contributed by atoms with Gasteiger partial charge in [-0.25, -0.2) is 13.1 Å². The van der Waals surface area contributed by atoms with Gasteiger partial charge < -0.3 is 10.5 Å². The fraction of sp³-hybridized carbons (Fsp3) is 0.727. The highest BCUT2D eigenvalue weighted by Crippen LogP contribution is 2.16. The maximum Gasteiger partial charge on any atom is 0.243 e. The predicted octanol–water partition coefficient (Wildman–Crippen LogP) is -0.453. The standard InChI is InChI=1S/C11H20N4O3S/c12-3-5-15-8-11(7-13-15)19(16,17)14-4-1-10-2-6-18-9-10/h7-8,10,14H,1-6,9,12H2. The zero-order valence-corrected chi connectivity index (χ0v) is 11.6. The Morgan fingerprint density at radius 2 is 2.42 bits per heavy atom. The van der Waals surface area contributed by atoms with Crippen LogP contribution in [0.3, 0.4) is 0 Å². The summed E-state index contributed by atoms with van der Waals surface area (Å²) >= 11 is 0. The van der Waals surface area contributed by atoms with Crippen LogP contribution in [-0.2, 0) is 21.3 Å². The van der Waals surface area contributed by atoms with Crippen molar-refractivity contribution < 1.29 is 13.2 Å². The number of nitrogens with one attached hydrogen (secondary N) is 1. The summed E-state index contributed by atoms with van der Waals surface area (Å²) in [6, 6.07) is 0. The molecular formula is C11H20N4O3S. The number of nitrogens with two attached hydrogens (primary N) is 1. The third kappa shape index (κ3) is 4.00. The van der Waals surface area contributed by atoms with E-state index in [1.165, 1.54) is 17.1 Å². The Hall–Kier alpha value is -0.960. The van der Waals surface area contributed by atoms with E-state index in [-0.39, 0.29) is 4.90 Å². The van der Waals surface area contributed by atoms with Crippen LogP contribution >= 0.6 is 0 Å². The van der Waals surface area contributed by atoms with E-state index >= 15 is 0 Å². The Morgan fingerprint density at radius 3 is 3.11 bits per heavy atom. The molecule has 108 valence electrons. The van der Waals surface area contributed by atoms with E-state index in [1.54, 1.807) is 0 Å². The minimum Gasteiger partial charge on any atom is -0.381 e. The summed E-state index contributed by atoms with van der Waals surface area (Å²) in [6.45, 7) is 2.88. The molecule has 8 heteroatoms. The molecule has 0 aromatic carbocycles. The van der Waals surface area contributed by atoms with Crippen molar-refractivity contribution in [2.75, 3.05) is 26.3 Å². The lowest BCUT2D eigenvalue weighted by Gasteiger charge is -2.08. The molecule has 1 unspecified atom stereocenters. The molecule has 3 N–H and O–H groups in total. The molecule has 0 amide bonds. The number of hydrogen-bond acceptors (Lipinski definition) is 5. The summed E-state index contributed by atoms with van der Waals surface area (Å²) in [7, 11) is -3.46. The molecule has 1 aliphatic heterocycles. The van der Waals surface area contributed by atoms with Gasteiger partial charge in [-0.1, -0.05) is 0 Å². The van der Waals surface area contributed by atoms with Crippen LogP contribution in [0.25, 0.3) is 0 Å². The monoisotopic (exact) mass is 288 g/mol. The lowest BCUT2D eigenvalue weighted by atomic mass is 10.1. The molecule has 1 fully saturated rings. The van der Waals surface area contributed by atoms with Crippen LogP contribution in [0.4, 0.5) is 0 Å². The van der Waals surface area contributed by atoms with E-state index in [1.807, 2.05) is 0 Å². The average molecular weight is 288 g/mol. The fourth-order valence-corrected chi connectivity index (χ4v) is 3.03. The lowest BCUT2D eigenvalue weighted by molar-refractivity contribution is 0.184. The largest absolute Gasteiger partial charge is 0.381 e. The predicted molar refractivity (Wildman–Crippen MR) is 70.0 cm³/mol. The Morgan fingerprint density at radius 1 is 1.58 bits per heavy atom. The van der Waals surface area contributed by atoms with Crippen molar-refractivity contribution >= 4 is 10.0 Å². The molecule has 0 aliphatic carbocycles. The summed E-state index contributed by atoms with van der Waals surface area (Å²) in [4.78, 5) is 0.184. The van der Waals surface area contributed by atoms with E-state index in [9.17, 15) is 8.42 Å². The Balaban J connectivity index is 1.85. The number of hydrogen-bond donors (Lipinski definition) is 2. The normalized spacial score (nSPS) is 19.9. The topological polar surface area (TPSA) is 99.2 Å². The van der Waals surface area contributed by atoms with Gasteiger partial charge >= 0.3 is 0 Å². The third-order valence-electron chi connectivity index (χ3n) is 3.15. The van der Waals surface area contributed by atoms with Crippen molar-refractivity contribution in [3.63, 3.8) is 0 Å². The first-order chi connectivity index (χ1) is 9.12. The highest BCUT2D eigenvalue weighted by atomic mass is 32.2. The maximum atomic E-state index is 12.0. The third-order valence-corrected chi connectivity index (χ3v) is 4.56. The summed E-state index contributed by atoms with van der Waals surface area (Å²) in [5.74, 6) is 0.461. The number of nitrogens with zero attached hydrogens (tertiary/aromatic N) is 2. The van der Waals surface area contributed by atoms with Crippen LogP contribution < -0.4 is 10.5 Å². The molecule has 2 rings (SSSR count). The molecule has 0 saturated carbocycles. The van der Waals surface area contributed by atoms with Crippen LogP contribution in [0, 0.1) is 5.92 Å². The summed E-state index contributed by atoms with van der Waals surface area (Å²) in [5, 5.41) is 3.96. The van der Waals surface area contributed by atoms with Gasteiger partial charge in [0, 0.05) is 32.5 Å². The van der Waals surface area contributed by atoms with Gasteiger partial charge in [0.1, 0.15) is 4.90 Å². The van der Waals surface area contributed by atoms with Gasteiger partial charge in [0.05, 0.1) is 12.7 Å². The minimum absolute atomic E-state index is 0.184. The van der Waals surface area contributed by atoms with Crippen molar-refractivity contribution in [3.05, 3.63) is 12.4 Å². The number of aromatic nitrogens is 2. The van der Waals surface area contributed by atoms with Crippen molar-refractivity contribution in [1.82, 2.24) is 14.5 Å². The van der Waals surface area contributed by atoms with Crippen LogP contribution in [-0.4, -0.2) is 44.5 Å². The molecular weight excluding hydrogens is 268 g/mol. The van der Waals surface area contributed by atoms with Gasteiger partial charge in [-0.15, -0.1) is 0 Å². The number of sulfonamides is 1. The molecule has 1 aromatic heterocycles. The molecule has 1 atom stereocenters. The molecule has 0 radical (unpaired) electrons. The molecule has 1 saturated heterocycles. The van der Waals surface area contributed by atoms with E-state index in [0.29, 0.717) is 25.6 Å². The van der Waals surface area contributed by atoms with Crippen molar-refractivity contribution in [2.24, 2.45) is 11.7 Å². The van der Waals surface area contributed by atoms with E-state index in [4.69, 9.17) is 10.5 Å². The Bertz CT molecular complexity index is 494. The van der Waals surface area contributed by atoms with Crippen molar-refractivity contribution in [3.8, 4) is 0 Å². The zero-order chi connectivity index (χ0) is 13.7. The number of ether oxygens (including phenoxy) is 1. The smallest absolute Gasteiger partial charge is 0.243 e. The average Bonchev–Trinajstić information content (AvgIpc) is 3.00. The molecule has 0 bridgehead atoms. The second-order valence-corrected chi connectivity index (χ2v) is 6.41. The van der Waals surface area contributed by atoms with E-state index in [2.05, 4.69) is 9.82 Å². The zero-order valence-electron chi connectivity index (χ0n) is 10.8. The van der Waals surface area contributed by atoms with Crippen LogP contribution in [0.1, 0.15) is 12.8 Å². The van der Waals surface area contributed by atoms with E-state index in [0.717, 1.165) is 26.1 Å². The molecule has 0 spiro atoms. The minimum atomic E-state index is -3.46. The van der Waals surface area contributed by atoms with Crippen LogP contribution in [0.15, 0.2) is 17.3 Å². The van der Waals surface area contributed by atoms with Gasteiger partial charge in [0.25, 0.3) is 0 Å². The van der Waals surface area contributed by atoms with Gasteiger partial charge in [-0.2, -0.15) is 5.10 Å². The first-order valence-corrected chi connectivity index (χ1v) is 7.90. The second-order valence-electron chi connectivity index (χ2n) is 4.64. The summed E-state index contributed by atoms with van der Waals surface area (Å²) in [6.07, 6.45) is 4.65. The summed E-state index contributed by atoms with van der Waals surface area (Å²) < 4.78 is 33.4. The quantitative estimate of drug-likeness (QED) is 0.708. The maximum absolute atomic E-state index is 12.0. The number of rotatable bonds is 7. The van der Waals surface area contributed by atoms with Crippen molar-refractivity contribution in [1.29, 1.82) is 0 Å². The molecule has 7 nitrogen and oxygen atoms in total. The van der Waals surface area contributed by atoms with Gasteiger partial charge in [0.15, 0.2) is 0 Å². The molecule has 1 aliphatic rings. The Kier molecular flexibility index (Phi) is 4.92. The first-order valence-electron chi connectivity index (χ1n) is 6.42. The van der Waals surface area contributed by atoms with Gasteiger partial charge in [0.2, 0.25) is 10.0 Å². The Labute approximate surface area is 113 Å². The highest BCUT2D eigenvalue weighted by molar-refractivity contribution is 7.89. The fourth-order valence-electron chi connectivity index (χ4n) is 2.03. The first kappa shape index (κ1) is 14.4. The van der Waals surface area contributed by atoms with Crippen LogP contribution in [0.2, 0.25) is 0 Å².